The lowest BCUT2D eigenvalue weighted by Gasteiger charge is -2.08. The van der Waals surface area contributed by atoms with Gasteiger partial charge in [-0.2, -0.15) is 0 Å². The zero-order valence-corrected chi connectivity index (χ0v) is 11.4. The Morgan fingerprint density at radius 1 is 1.16 bits per heavy atom. The van der Waals surface area contributed by atoms with Gasteiger partial charge in [0, 0.05) is 15.6 Å². The number of esters is 1. The molecule has 0 bridgehead atoms. The molecule has 0 heterocycles. The van der Waals surface area contributed by atoms with Crippen LogP contribution in [-0.4, -0.2) is 13.1 Å². The topological polar surface area (TPSA) is 26.3 Å². The van der Waals surface area contributed by atoms with Gasteiger partial charge in [-0.1, -0.05) is 29.3 Å². The van der Waals surface area contributed by atoms with Gasteiger partial charge < -0.3 is 4.74 Å². The van der Waals surface area contributed by atoms with Crippen LogP contribution in [0, 0.1) is 5.82 Å². The van der Waals surface area contributed by atoms with Gasteiger partial charge in [0.2, 0.25) is 0 Å². The van der Waals surface area contributed by atoms with E-state index in [1.165, 1.54) is 25.3 Å². The van der Waals surface area contributed by atoms with Crippen LogP contribution in [0.4, 0.5) is 4.39 Å². The second kappa shape index (κ2) is 5.59. The quantitative estimate of drug-likeness (QED) is 0.758. The van der Waals surface area contributed by atoms with Crippen molar-refractivity contribution in [1.82, 2.24) is 0 Å². The van der Waals surface area contributed by atoms with Crippen LogP contribution in [0.2, 0.25) is 10.0 Å². The van der Waals surface area contributed by atoms with Crippen molar-refractivity contribution in [3.63, 3.8) is 0 Å². The second-order valence-corrected chi connectivity index (χ2v) is 4.65. The number of hydrogen-bond acceptors (Lipinski definition) is 2. The summed E-state index contributed by atoms with van der Waals surface area (Å²) in [5.41, 5.74) is 1.07. The van der Waals surface area contributed by atoms with Crippen molar-refractivity contribution in [2.45, 2.75) is 0 Å². The molecule has 0 saturated heterocycles. The van der Waals surface area contributed by atoms with Crippen molar-refractivity contribution >= 4 is 29.2 Å². The molecule has 0 saturated carbocycles. The van der Waals surface area contributed by atoms with Gasteiger partial charge >= 0.3 is 5.97 Å². The molecule has 2 aromatic rings. The van der Waals surface area contributed by atoms with E-state index in [1.807, 2.05) is 0 Å². The third-order valence-electron chi connectivity index (χ3n) is 2.61. The van der Waals surface area contributed by atoms with Crippen LogP contribution in [0.25, 0.3) is 11.1 Å². The van der Waals surface area contributed by atoms with E-state index >= 15 is 0 Å². The molecule has 0 aliphatic carbocycles. The van der Waals surface area contributed by atoms with Crippen molar-refractivity contribution in [2.75, 3.05) is 7.11 Å². The number of methoxy groups -OCH3 is 1. The molecular formula is C14H9Cl2FO2. The maximum absolute atomic E-state index is 13.5. The zero-order chi connectivity index (χ0) is 14.0. The Morgan fingerprint density at radius 3 is 2.58 bits per heavy atom. The highest BCUT2D eigenvalue weighted by Crippen LogP contribution is 2.31. The van der Waals surface area contributed by atoms with Crippen molar-refractivity contribution < 1.29 is 13.9 Å². The summed E-state index contributed by atoms with van der Waals surface area (Å²) in [4.78, 5) is 11.4. The SMILES string of the molecule is COC(=O)c1cc(-c2cc(Cl)ccc2Cl)ccc1F. The summed E-state index contributed by atoms with van der Waals surface area (Å²) in [6, 6.07) is 9.05. The molecule has 0 aliphatic heterocycles. The Kier molecular flexibility index (Phi) is 4.08. The second-order valence-electron chi connectivity index (χ2n) is 3.81. The first-order valence-corrected chi connectivity index (χ1v) is 6.12. The first-order valence-electron chi connectivity index (χ1n) is 5.36. The van der Waals surface area contributed by atoms with Crippen LogP contribution in [0.1, 0.15) is 10.4 Å². The van der Waals surface area contributed by atoms with Crippen LogP contribution in [0.3, 0.4) is 0 Å². The molecule has 19 heavy (non-hydrogen) atoms. The van der Waals surface area contributed by atoms with Crippen molar-refractivity contribution in [2.24, 2.45) is 0 Å². The predicted molar refractivity (Wildman–Crippen MR) is 73.2 cm³/mol. The van der Waals surface area contributed by atoms with Gasteiger partial charge in [0.1, 0.15) is 5.82 Å². The summed E-state index contributed by atoms with van der Waals surface area (Å²) >= 11 is 12.0. The summed E-state index contributed by atoms with van der Waals surface area (Å²) in [7, 11) is 1.20. The van der Waals surface area contributed by atoms with E-state index in [-0.39, 0.29) is 5.56 Å². The fourth-order valence-electron chi connectivity index (χ4n) is 1.68. The molecule has 0 aliphatic rings. The van der Waals surface area contributed by atoms with Crippen molar-refractivity contribution in [3.05, 3.63) is 57.8 Å². The molecule has 2 rings (SSSR count). The molecule has 0 amide bonds. The molecule has 0 atom stereocenters. The largest absolute Gasteiger partial charge is 0.465 e. The monoisotopic (exact) mass is 298 g/mol. The first-order chi connectivity index (χ1) is 9.02. The van der Waals surface area contributed by atoms with Gasteiger partial charge in [-0.3, -0.25) is 0 Å². The highest BCUT2D eigenvalue weighted by atomic mass is 35.5. The smallest absolute Gasteiger partial charge is 0.340 e. The molecule has 98 valence electrons. The number of rotatable bonds is 2. The minimum atomic E-state index is -0.738. The first kappa shape index (κ1) is 13.8. The highest BCUT2D eigenvalue weighted by molar-refractivity contribution is 6.35. The van der Waals surface area contributed by atoms with E-state index in [4.69, 9.17) is 23.2 Å². The fourth-order valence-corrected chi connectivity index (χ4v) is 2.08. The number of carbonyl (C=O) groups excluding carboxylic acids is 1. The standard InChI is InChI=1S/C14H9Cl2FO2/c1-19-14(18)11-6-8(2-5-13(11)17)10-7-9(15)3-4-12(10)16/h2-7H,1H3. The van der Waals surface area contributed by atoms with Crippen LogP contribution in [0.15, 0.2) is 36.4 Å². The molecule has 0 unspecified atom stereocenters. The van der Waals surface area contributed by atoms with Gasteiger partial charge in [0.25, 0.3) is 0 Å². The van der Waals surface area contributed by atoms with Gasteiger partial charge in [0.05, 0.1) is 12.7 Å². The van der Waals surface area contributed by atoms with Crippen LogP contribution in [0.5, 0.6) is 0 Å². The molecule has 0 fully saturated rings. The van der Waals surface area contributed by atoms with Gasteiger partial charge in [-0.25, -0.2) is 9.18 Å². The Morgan fingerprint density at radius 2 is 1.89 bits per heavy atom. The van der Waals surface area contributed by atoms with Gasteiger partial charge in [-0.05, 0) is 35.9 Å². The normalized spacial score (nSPS) is 10.3. The van der Waals surface area contributed by atoms with Crippen molar-refractivity contribution in [1.29, 1.82) is 0 Å². The lowest BCUT2D eigenvalue weighted by molar-refractivity contribution is 0.0595. The maximum atomic E-state index is 13.5. The summed E-state index contributed by atoms with van der Waals surface area (Å²) in [5, 5.41) is 0.968. The van der Waals surface area contributed by atoms with E-state index in [0.29, 0.717) is 21.2 Å². The summed E-state index contributed by atoms with van der Waals surface area (Å²) in [5.74, 6) is -1.38. The summed E-state index contributed by atoms with van der Waals surface area (Å²) in [6.45, 7) is 0. The number of carbonyl (C=O) groups is 1. The zero-order valence-electron chi connectivity index (χ0n) is 9.91. The number of ether oxygens (including phenoxy) is 1. The molecule has 2 aromatic carbocycles. The molecule has 2 nitrogen and oxygen atoms in total. The van der Waals surface area contributed by atoms with E-state index in [1.54, 1.807) is 18.2 Å². The van der Waals surface area contributed by atoms with E-state index in [2.05, 4.69) is 4.74 Å². The van der Waals surface area contributed by atoms with Crippen LogP contribution < -0.4 is 0 Å². The Labute approximate surface area is 119 Å². The molecule has 0 aromatic heterocycles. The lowest BCUT2D eigenvalue weighted by atomic mass is 10.0. The van der Waals surface area contributed by atoms with E-state index < -0.39 is 11.8 Å². The van der Waals surface area contributed by atoms with E-state index in [9.17, 15) is 9.18 Å². The number of hydrogen-bond donors (Lipinski definition) is 0. The minimum absolute atomic E-state index is 0.143. The molecule has 0 N–H and O–H groups in total. The molecular weight excluding hydrogens is 290 g/mol. The lowest BCUT2D eigenvalue weighted by Crippen LogP contribution is -2.04. The Hall–Kier alpha value is -1.58. The fraction of sp³-hybridized carbons (Fsp3) is 0.0714. The third-order valence-corrected chi connectivity index (χ3v) is 3.18. The molecule has 0 spiro atoms. The van der Waals surface area contributed by atoms with Crippen molar-refractivity contribution in [3.8, 4) is 11.1 Å². The highest BCUT2D eigenvalue weighted by Gasteiger charge is 2.14. The minimum Gasteiger partial charge on any atom is -0.465 e. The summed E-state index contributed by atoms with van der Waals surface area (Å²) < 4.78 is 18.1. The summed E-state index contributed by atoms with van der Waals surface area (Å²) in [6.07, 6.45) is 0. The van der Waals surface area contributed by atoms with E-state index in [0.717, 1.165) is 0 Å². The number of benzene rings is 2. The predicted octanol–water partition coefficient (Wildman–Crippen LogP) is 4.59. The van der Waals surface area contributed by atoms with Crippen LogP contribution >= 0.6 is 23.2 Å². The maximum Gasteiger partial charge on any atom is 0.340 e. The van der Waals surface area contributed by atoms with Crippen LogP contribution in [-0.2, 0) is 4.74 Å². The average Bonchev–Trinajstić information content (AvgIpc) is 2.41. The van der Waals surface area contributed by atoms with Gasteiger partial charge in [0.15, 0.2) is 0 Å². The van der Waals surface area contributed by atoms with Gasteiger partial charge in [-0.15, -0.1) is 0 Å². The number of halogens is 3. The third kappa shape index (κ3) is 2.88. The Balaban J connectivity index is 2.57. The molecule has 5 heteroatoms. The average molecular weight is 299 g/mol. The Bertz CT molecular complexity index is 641. The molecule has 0 radical (unpaired) electrons.